The zero-order valence-electron chi connectivity index (χ0n) is 19.3. The first-order valence-corrected chi connectivity index (χ1v) is 11.0. The topological polar surface area (TPSA) is 114 Å². The van der Waals surface area contributed by atoms with Gasteiger partial charge >= 0.3 is 6.03 Å². The fourth-order valence-corrected chi connectivity index (χ4v) is 3.47. The molecule has 0 aliphatic rings. The van der Waals surface area contributed by atoms with E-state index in [9.17, 15) is 14.4 Å². The van der Waals surface area contributed by atoms with Gasteiger partial charge in [0, 0.05) is 24.6 Å². The van der Waals surface area contributed by atoms with E-state index in [0.29, 0.717) is 29.1 Å². The van der Waals surface area contributed by atoms with Crippen molar-refractivity contribution in [1.29, 1.82) is 0 Å². The Morgan fingerprint density at radius 3 is 2.65 bits per heavy atom. The first-order chi connectivity index (χ1) is 16.5. The molecule has 3 rings (SSSR count). The van der Waals surface area contributed by atoms with E-state index in [1.54, 1.807) is 30.7 Å². The van der Waals surface area contributed by atoms with Crippen LogP contribution in [0.25, 0.3) is 0 Å². The number of rotatable bonds is 11. The molecular formula is C25H29N5O4. The number of anilines is 2. The minimum absolute atomic E-state index is 0.0813. The quantitative estimate of drug-likeness (QED) is 0.376. The van der Waals surface area contributed by atoms with E-state index >= 15 is 0 Å². The second-order valence-corrected chi connectivity index (χ2v) is 7.86. The molecule has 0 aliphatic heterocycles. The van der Waals surface area contributed by atoms with Crippen LogP contribution in [0.5, 0.6) is 5.75 Å². The minimum atomic E-state index is -0.552. The van der Waals surface area contributed by atoms with Crippen LogP contribution >= 0.6 is 0 Å². The van der Waals surface area contributed by atoms with E-state index in [-0.39, 0.29) is 12.3 Å². The molecule has 3 amide bonds. The Kier molecular flexibility index (Phi) is 8.79. The highest BCUT2D eigenvalue weighted by atomic mass is 16.5. The maximum absolute atomic E-state index is 12.5. The van der Waals surface area contributed by atoms with Crippen molar-refractivity contribution >= 4 is 29.6 Å². The summed E-state index contributed by atoms with van der Waals surface area (Å²) in [4.78, 5) is 40.2. The van der Waals surface area contributed by atoms with Crippen LogP contribution in [-0.2, 0) is 22.6 Å². The van der Waals surface area contributed by atoms with Gasteiger partial charge in [0.25, 0.3) is 0 Å². The minimum Gasteiger partial charge on any atom is -0.495 e. The molecule has 0 spiro atoms. The molecule has 2 aromatic carbocycles. The summed E-state index contributed by atoms with van der Waals surface area (Å²) in [7, 11) is 1.49. The standard InChI is InChI=1S/C25H29N5O4/c1-18-6-3-4-8-21(18)28-25(33)29-22-10-9-19(14-23(22)34-2)15-24(32)27-20(16-31)7-5-12-30-13-11-26-17-30/h3-4,6,8-11,13-14,16-17,20H,5,7,12,15H2,1-2H3,(H,27,32)(H2,28,29,33). The van der Waals surface area contributed by atoms with Gasteiger partial charge < -0.3 is 30.0 Å². The number of aromatic nitrogens is 2. The lowest BCUT2D eigenvalue weighted by Gasteiger charge is -2.15. The molecule has 0 saturated carbocycles. The molecule has 9 nitrogen and oxygen atoms in total. The van der Waals surface area contributed by atoms with Crippen LogP contribution in [0.4, 0.5) is 16.2 Å². The average molecular weight is 464 g/mol. The van der Waals surface area contributed by atoms with E-state index in [4.69, 9.17) is 4.74 Å². The number of para-hydroxylation sites is 1. The molecule has 0 radical (unpaired) electrons. The van der Waals surface area contributed by atoms with Gasteiger partial charge in [0.1, 0.15) is 12.0 Å². The first-order valence-electron chi connectivity index (χ1n) is 11.0. The smallest absolute Gasteiger partial charge is 0.323 e. The molecule has 34 heavy (non-hydrogen) atoms. The number of ether oxygens (including phenoxy) is 1. The van der Waals surface area contributed by atoms with Gasteiger partial charge in [-0.15, -0.1) is 0 Å². The summed E-state index contributed by atoms with van der Waals surface area (Å²) in [5.74, 6) is 0.164. The number of aryl methyl sites for hydroxylation is 2. The van der Waals surface area contributed by atoms with Crippen LogP contribution in [0.3, 0.4) is 0 Å². The van der Waals surface area contributed by atoms with Gasteiger partial charge in [0.15, 0.2) is 0 Å². The maximum atomic E-state index is 12.5. The predicted octanol–water partition coefficient (Wildman–Crippen LogP) is 3.55. The third kappa shape index (κ3) is 7.19. The van der Waals surface area contributed by atoms with Gasteiger partial charge in [-0.25, -0.2) is 9.78 Å². The van der Waals surface area contributed by atoms with E-state index < -0.39 is 12.1 Å². The van der Waals surface area contributed by atoms with Crippen LogP contribution in [0.1, 0.15) is 24.0 Å². The van der Waals surface area contributed by atoms with Gasteiger partial charge in [0.05, 0.1) is 31.6 Å². The average Bonchev–Trinajstić information content (AvgIpc) is 3.34. The summed E-state index contributed by atoms with van der Waals surface area (Å²) in [6.07, 6.45) is 7.38. The monoisotopic (exact) mass is 463 g/mol. The van der Waals surface area contributed by atoms with Crippen molar-refractivity contribution in [2.24, 2.45) is 0 Å². The Morgan fingerprint density at radius 1 is 1.15 bits per heavy atom. The summed E-state index contributed by atoms with van der Waals surface area (Å²) in [6.45, 7) is 2.63. The first kappa shape index (κ1) is 24.5. The number of amides is 3. The van der Waals surface area contributed by atoms with Crippen molar-refractivity contribution in [2.45, 2.75) is 38.8 Å². The van der Waals surface area contributed by atoms with E-state index in [1.165, 1.54) is 7.11 Å². The van der Waals surface area contributed by atoms with Crippen LogP contribution < -0.4 is 20.7 Å². The summed E-state index contributed by atoms with van der Waals surface area (Å²) in [5.41, 5.74) is 2.83. The van der Waals surface area contributed by atoms with Crippen LogP contribution in [0, 0.1) is 6.92 Å². The fourth-order valence-electron chi connectivity index (χ4n) is 3.47. The largest absolute Gasteiger partial charge is 0.495 e. The third-order valence-electron chi connectivity index (χ3n) is 5.27. The second kappa shape index (κ2) is 12.2. The number of benzene rings is 2. The molecule has 1 heterocycles. The van der Waals surface area contributed by atoms with Gasteiger partial charge in [-0.1, -0.05) is 24.3 Å². The Morgan fingerprint density at radius 2 is 1.94 bits per heavy atom. The number of nitrogens with one attached hydrogen (secondary N) is 3. The zero-order chi connectivity index (χ0) is 24.3. The highest BCUT2D eigenvalue weighted by molar-refractivity contribution is 6.01. The lowest BCUT2D eigenvalue weighted by molar-refractivity contribution is -0.123. The molecular weight excluding hydrogens is 434 g/mol. The number of methoxy groups -OCH3 is 1. The van der Waals surface area contributed by atoms with Gasteiger partial charge in [0.2, 0.25) is 5.91 Å². The van der Waals surface area contributed by atoms with Crippen molar-refractivity contribution in [2.75, 3.05) is 17.7 Å². The molecule has 3 N–H and O–H groups in total. The van der Waals surface area contributed by atoms with E-state index in [2.05, 4.69) is 20.9 Å². The summed E-state index contributed by atoms with van der Waals surface area (Å²) >= 11 is 0. The number of carbonyl (C=O) groups excluding carboxylic acids is 3. The van der Waals surface area contributed by atoms with Crippen LogP contribution in [0.2, 0.25) is 0 Å². The highest BCUT2D eigenvalue weighted by Crippen LogP contribution is 2.26. The van der Waals surface area contributed by atoms with Crippen molar-refractivity contribution < 1.29 is 19.1 Å². The molecule has 0 saturated heterocycles. The lowest BCUT2D eigenvalue weighted by atomic mass is 10.1. The molecule has 178 valence electrons. The predicted molar refractivity (Wildman–Crippen MR) is 130 cm³/mol. The van der Waals surface area contributed by atoms with Gasteiger partial charge in [-0.2, -0.15) is 0 Å². The number of nitrogens with zero attached hydrogens (tertiary/aromatic N) is 2. The Hall–Kier alpha value is -4.14. The van der Waals surface area contributed by atoms with Gasteiger partial charge in [-0.3, -0.25) is 4.79 Å². The Labute approximate surface area is 198 Å². The number of imidazole rings is 1. The molecule has 0 bridgehead atoms. The van der Waals surface area contributed by atoms with Crippen molar-refractivity contribution in [1.82, 2.24) is 14.9 Å². The molecule has 1 unspecified atom stereocenters. The van der Waals surface area contributed by atoms with E-state index in [1.807, 2.05) is 42.0 Å². The lowest BCUT2D eigenvalue weighted by Crippen LogP contribution is -2.37. The summed E-state index contributed by atoms with van der Waals surface area (Å²) < 4.78 is 7.32. The number of urea groups is 1. The number of carbonyl (C=O) groups is 3. The molecule has 1 aromatic heterocycles. The Bertz CT molecular complexity index is 1110. The van der Waals surface area contributed by atoms with Crippen molar-refractivity contribution in [3.05, 3.63) is 72.3 Å². The molecule has 0 fully saturated rings. The van der Waals surface area contributed by atoms with E-state index in [0.717, 1.165) is 24.8 Å². The maximum Gasteiger partial charge on any atom is 0.323 e. The molecule has 3 aromatic rings. The third-order valence-corrected chi connectivity index (χ3v) is 5.27. The number of aldehydes is 1. The zero-order valence-corrected chi connectivity index (χ0v) is 19.3. The van der Waals surface area contributed by atoms with Crippen LogP contribution in [0.15, 0.2) is 61.2 Å². The molecule has 9 heteroatoms. The second-order valence-electron chi connectivity index (χ2n) is 7.86. The van der Waals surface area contributed by atoms with Crippen molar-refractivity contribution in [3.8, 4) is 5.75 Å². The number of hydrogen-bond acceptors (Lipinski definition) is 5. The molecule has 0 aliphatic carbocycles. The fraction of sp³-hybridized carbons (Fsp3) is 0.280. The molecule has 1 atom stereocenters. The summed E-state index contributed by atoms with van der Waals surface area (Å²) in [5, 5.41) is 8.33. The van der Waals surface area contributed by atoms with Crippen molar-refractivity contribution in [3.63, 3.8) is 0 Å². The number of hydrogen-bond donors (Lipinski definition) is 3. The van der Waals surface area contributed by atoms with Gasteiger partial charge in [-0.05, 0) is 49.1 Å². The normalized spacial score (nSPS) is 11.4. The SMILES string of the molecule is COc1cc(CC(=O)NC(C=O)CCCn2ccnc2)ccc1NC(=O)Nc1ccccc1C. The summed E-state index contributed by atoms with van der Waals surface area (Å²) in [6, 6.07) is 11.6. The highest BCUT2D eigenvalue weighted by Gasteiger charge is 2.14. The van der Waals surface area contributed by atoms with Crippen LogP contribution in [-0.4, -0.2) is 40.9 Å². The Balaban J connectivity index is 1.53.